The second kappa shape index (κ2) is 18.3. The summed E-state index contributed by atoms with van der Waals surface area (Å²) in [6.45, 7) is 4.27. The molecule has 0 aromatic heterocycles. The minimum Gasteiger partial charge on any atom is -0.466 e. The summed E-state index contributed by atoms with van der Waals surface area (Å²) in [6.07, 6.45) is 23.1. The van der Waals surface area contributed by atoms with Gasteiger partial charge in [0.1, 0.15) is 0 Å². The van der Waals surface area contributed by atoms with E-state index in [1.165, 1.54) is 90.4 Å². The van der Waals surface area contributed by atoms with Crippen LogP contribution in [-0.2, 0) is 9.53 Å². The highest BCUT2D eigenvalue weighted by molar-refractivity contribution is 5.65. The van der Waals surface area contributed by atoms with Crippen LogP contribution in [0.1, 0.15) is 104 Å². The van der Waals surface area contributed by atoms with Crippen LogP contribution in [0.25, 0.3) is 0 Å². The SMILES string of the molecule is CC/C=C/CCCCCCCCCCCCCCOC(C)=O. The van der Waals surface area contributed by atoms with Crippen molar-refractivity contribution in [1.82, 2.24) is 0 Å². The third-order valence-electron chi connectivity index (χ3n) is 3.97. The molecule has 0 aliphatic heterocycles. The van der Waals surface area contributed by atoms with Crippen LogP contribution >= 0.6 is 0 Å². The molecule has 0 heterocycles. The van der Waals surface area contributed by atoms with Gasteiger partial charge in [0.05, 0.1) is 6.61 Å². The van der Waals surface area contributed by atoms with E-state index >= 15 is 0 Å². The van der Waals surface area contributed by atoms with Crippen LogP contribution in [0.3, 0.4) is 0 Å². The maximum absolute atomic E-state index is 10.6. The Kier molecular flexibility index (Phi) is 17.6. The molecule has 0 atom stereocenters. The van der Waals surface area contributed by atoms with Gasteiger partial charge in [-0.3, -0.25) is 4.79 Å². The van der Waals surface area contributed by atoms with Crippen molar-refractivity contribution >= 4 is 5.97 Å². The summed E-state index contributed by atoms with van der Waals surface area (Å²) < 4.78 is 4.92. The second-order valence-corrected chi connectivity index (χ2v) is 6.25. The number of hydrogen-bond acceptors (Lipinski definition) is 2. The molecule has 130 valence electrons. The molecule has 0 saturated carbocycles. The molecule has 2 heteroatoms. The summed E-state index contributed by atoms with van der Waals surface area (Å²) in [7, 11) is 0. The largest absolute Gasteiger partial charge is 0.466 e. The summed E-state index contributed by atoms with van der Waals surface area (Å²) in [6, 6.07) is 0. The molecule has 0 aromatic rings. The Morgan fingerprint density at radius 1 is 0.727 bits per heavy atom. The molecule has 2 nitrogen and oxygen atoms in total. The van der Waals surface area contributed by atoms with Crippen LogP contribution in [0.4, 0.5) is 0 Å². The van der Waals surface area contributed by atoms with Gasteiger partial charge in [-0.2, -0.15) is 0 Å². The molecule has 0 amide bonds. The molecule has 0 aliphatic carbocycles. The van der Waals surface area contributed by atoms with Gasteiger partial charge in [0, 0.05) is 6.92 Å². The monoisotopic (exact) mass is 310 g/mol. The zero-order valence-electron chi connectivity index (χ0n) is 15.1. The van der Waals surface area contributed by atoms with Crippen molar-refractivity contribution in [3.8, 4) is 0 Å². The van der Waals surface area contributed by atoms with Crippen molar-refractivity contribution in [3.05, 3.63) is 12.2 Å². The van der Waals surface area contributed by atoms with Gasteiger partial charge in [-0.1, -0.05) is 83.3 Å². The highest BCUT2D eigenvalue weighted by Gasteiger charge is 1.95. The Morgan fingerprint density at radius 3 is 1.64 bits per heavy atom. The third-order valence-corrected chi connectivity index (χ3v) is 3.97. The average Bonchev–Trinajstić information content (AvgIpc) is 2.50. The normalized spacial score (nSPS) is 11.2. The van der Waals surface area contributed by atoms with E-state index in [-0.39, 0.29) is 5.97 Å². The van der Waals surface area contributed by atoms with E-state index in [2.05, 4.69) is 19.1 Å². The van der Waals surface area contributed by atoms with Crippen molar-refractivity contribution in [2.75, 3.05) is 6.61 Å². The van der Waals surface area contributed by atoms with Crippen molar-refractivity contribution in [2.24, 2.45) is 0 Å². The maximum Gasteiger partial charge on any atom is 0.302 e. The molecular weight excluding hydrogens is 272 g/mol. The topological polar surface area (TPSA) is 26.3 Å². The summed E-state index contributed by atoms with van der Waals surface area (Å²) in [5.41, 5.74) is 0. The molecule has 0 N–H and O–H groups in total. The van der Waals surface area contributed by atoms with Crippen LogP contribution in [0.5, 0.6) is 0 Å². The van der Waals surface area contributed by atoms with Gasteiger partial charge in [0.15, 0.2) is 0 Å². The molecule has 22 heavy (non-hydrogen) atoms. The zero-order valence-corrected chi connectivity index (χ0v) is 15.1. The number of rotatable bonds is 16. The van der Waals surface area contributed by atoms with Crippen molar-refractivity contribution < 1.29 is 9.53 Å². The number of ether oxygens (including phenoxy) is 1. The van der Waals surface area contributed by atoms with Crippen LogP contribution < -0.4 is 0 Å². The van der Waals surface area contributed by atoms with Gasteiger partial charge in [-0.15, -0.1) is 0 Å². The summed E-state index contributed by atoms with van der Waals surface area (Å²) >= 11 is 0. The molecule has 0 fully saturated rings. The molecule has 0 saturated heterocycles. The Balaban J connectivity index is 2.99. The summed E-state index contributed by atoms with van der Waals surface area (Å²) in [4.78, 5) is 10.6. The van der Waals surface area contributed by atoms with Gasteiger partial charge in [-0.25, -0.2) is 0 Å². The third kappa shape index (κ3) is 19.2. The molecule has 0 unspecified atom stereocenters. The van der Waals surface area contributed by atoms with E-state index in [1.54, 1.807) is 0 Å². The molecule has 0 radical (unpaired) electrons. The van der Waals surface area contributed by atoms with Crippen molar-refractivity contribution in [1.29, 1.82) is 0 Å². The Labute approximate surface area is 138 Å². The molecule has 0 aromatic carbocycles. The number of allylic oxidation sites excluding steroid dienone is 2. The predicted molar refractivity (Wildman–Crippen MR) is 96.1 cm³/mol. The first-order valence-electron chi connectivity index (χ1n) is 9.55. The highest BCUT2D eigenvalue weighted by atomic mass is 16.5. The summed E-state index contributed by atoms with van der Waals surface area (Å²) in [5, 5.41) is 0. The van der Waals surface area contributed by atoms with Gasteiger partial charge >= 0.3 is 5.97 Å². The van der Waals surface area contributed by atoms with Crippen LogP contribution in [-0.4, -0.2) is 12.6 Å². The first kappa shape index (κ1) is 21.2. The van der Waals surface area contributed by atoms with Crippen LogP contribution in [0, 0.1) is 0 Å². The first-order valence-corrected chi connectivity index (χ1v) is 9.55. The lowest BCUT2D eigenvalue weighted by molar-refractivity contribution is -0.141. The number of unbranched alkanes of at least 4 members (excludes halogenated alkanes) is 12. The summed E-state index contributed by atoms with van der Waals surface area (Å²) in [5.74, 6) is -0.155. The molecule has 0 bridgehead atoms. The first-order chi connectivity index (χ1) is 10.8. The Morgan fingerprint density at radius 2 is 1.18 bits per heavy atom. The van der Waals surface area contributed by atoms with Gasteiger partial charge in [0.2, 0.25) is 0 Å². The van der Waals surface area contributed by atoms with E-state index < -0.39 is 0 Å². The van der Waals surface area contributed by atoms with E-state index in [4.69, 9.17) is 4.74 Å². The van der Waals surface area contributed by atoms with E-state index in [1.807, 2.05) is 0 Å². The fraction of sp³-hybridized carbons (Fsp3) is 0.850. The van der Waals surface area contributed by atoms with E-state index in [0.29, 0.717) is 6.61 Å². The lowest BCUT2D eigenvalue weighted by atomic mass is 10.0. The smallest absolute Gasteiger partial charge is 0.302 e. The number of carbonyl (C=O) groups excluding carboxylic acids is 1. The number of carbonyl (C=O) groups is 1. The van der Waals surface area contributed by atoms with Crippen molar-refractivity contribution in [2.45, 2.75) is 104 Å². The second-order valence-electron chi connectivity index (χ2n) is 6.25. The van der Waals surface area contributed by atoms with Crippen molar-refractivity contribution in [3.63, 3.8) is 0 Å². The highest BCUT2D eigenvalue weighted by Crippen LogP contribution is 2.12. The number of esters is 1. The predicted octanol–water partition coefficient (Wildman–Crippen LogP) is 6.59. The van der Waals surface area contributed by atoms with Gasteiger partial charge < -0.3 is 4.74 Å². The fourth-order valence-corrected chi connectivity index (χ4v) is 2.63. The minimum atomic E-state index is -0.155. The van der Waals surface area contributed by atoms with Crippen LogP contribution in [0.2, 0.25) is 0 Å². The van der Waals surface area contributed by atoms with Crippen LogP contribution in [0.15, 0.2) is 12.2 Å². The number of hydrogen-bond donors (Lipinski definition) is 0. The van der Waals surface area contributed by atoms with E-state index in [9.17, 15) is 4.79 Å². The quantitative estimate of drug-likeness (QED) is 0.183. The van der Waals surface area contributed by atoms with Gasteiger partial charge in [0.25, 0.3) is 0 Å². The Hall–Kier alpha value is -0.790. The standard InChI is InChI=1S/C20H38O2/c1-3-4-5-6-7-8-9-10-11-12-13-14-15-16-17-18-19-22-20(2)21/h4-5H,3,6-19H2,1-2H3/b5-4+. The average molecular weight is 311 g/mol. The molecule has 0 aliphatic rings. The fourth-order valence-electron chi connectivity index (χ4n) is 2.63. The molecular formula is C20H38O2. The Bertz CT molecular complexity index is 258. The maximum atomic E-state index is 10.6. The zero-order chi connectivity index (χ0) is 16.3. The van der Waals surface area contributed by atoms with Gasteiger partial charge in [-0.05, 0) is 25.7 Å². The molecule has 0 spiro atoms. The molecule has 0 rings (SSSR count). The lowest BCUT2D eigenvalue weighted by Crippen LogP contribution is -2.00. The van der Waals surface area contributed by atoms with E-state index in [0.717, 1.165) is 6.42 Å². The lowest BCUT2D eigenvalue weighted by Gasteiger charge is -2.03. The minimum absolute atomic E-state index is 0.155.